The zero-order valence-electron chi connectivity index (χ0n) is 9.26. The predicted octanol–water partition coefficient (Wildman–Crippen LogP) is 1.59. The van der Waals surface area contributed by atoms with Crippen LogP contribution in [0.1, 0.15) is 11.1 Å². The number of hydrogen-bond acceptors (Lipinski definition) is 6. The van der Waals surface area contributed by atoms with Crippen molar-refractivity contribution in [3.05, 3.63) is 40.7 Å². The lowest BCUT2D eigenvalue weighted by atomic mass is 10.1. The second-order valence-electron chi connectivity index (χ2n) is 3.45. The molecule has 1 heterocycles. The summed E-state index contributed by atoms with van der Waals surface area (Å²) in [5.41, 5.74) is 6.98. The molecule has 3 N–H and O–H groups in total. The van der Waals surface area contributed by atoms with Crippen LogP contribution in [-0.4, -0.2) is 15.0 Å². The summed E-state index contributed by atoms with van der Waals surface area (Å²) in [4.78, 5) is 11.4. The van der Waals surface area contributed by atoms with Gasteiger partial charge in [-0.25, -0.2) is 0 Å². The Bertz CT molecular complexity index is 586. The Balaban J connectivity index is 2.09. The Morgan fingerprint density at radius 1 is 1.33 bits per heavy atom. The minimum absolute atomic E-state index is 0.0378. The standard InChI is InChI=1S/C11H9ClN6/c12-9-16-10(14)18-11(17-9)15-6-8-3-1-2-7(4-8)5-13/h1-4H,6H2,(H3,14,15,16,17,18). The molecule has 6 nitrogen and oxygen atoms in total. The number of nitriles is 1. The van der Waals surface area contributed by atoms with Crippen LogP contribution in [0.15, 0.2) is 24.3 Å². The van der Waals surface area contributed by atoms with Gasteiger partial charge in [0.25, 0.3) is 0 Å². The van der Waals surface area contributed by atoms with Gasteiger partial charge in [0.15, 0.2) is 0 Å². The molecule has 0 unspecified atom stereocenters. The highest BCUT2D eigenvalue weighted by molar-refractivity contribution is 6.28. The molecule has 0 aliphatic rings. The van der Waals surface area contributed by atoms with Crippen LogP contribution in [0.5, 0.6) is 0 Å². The molecule has 1 aromatic heterocycles. The summed E-state index contributed by atoms with van der Waals surface area (Å²) in [6.07, 6.45) is 0. The van der Waals surface area contributed by atoms with E-state index in [1.807, 2.05) is 12.1 Å². The molecule has 90 valence electrons. The van der Waals surface area contributed by atoms with Crippen LogP contribution in [0, 0.1) is 11.3 Å². The summed E-state index contributed by atoms with van der Waals surface area (Å²) in [7, 11) is 0. The average molecular weight is 261 g/mol. The number of nitrogens with two attached hydrogens (primary N) is 1. The average Bonchev–Trinajstić information content (AvgIpc) is 2.35. The van der Waals surface area contributed by atoms with Gasteiger partial charge in [0, 0.05) is 6.54 Å². The fourth-order valence-electron chi connectivity index (χ4n) is 1.38. The Kier molecular flexibility index (Phi) is 3.55. The molecule has 2 aromatic rings. The van der Waals surface area contributed by atoms with E-state index in [0.717, 1.165) is 5.56 Å². The van der Waals surface area contributed by atoms with Gasteiger partial charge in [0.1, 0.15) is 0 Å². The number of nitrogen functional groups attached to an aromatic ring is 1. The minimum atomic E-state index is 0.0378. The number of hydrogen-bond donors (Lipinski definition) is 2. The number of nitrogens with zero attached hydrogens (tertiary/aromatic N) is 4. The largest absolute Gasteiger partial charge is 0.368 e. The summed E-state index contributed by atoms with van der Waals surface area (Å²) in [5.74, 6) is 0.359. The first-order valence-corrected chi connectivity index (χ1v) is 5.45. The summed E-state index contributed by atoms with van der Waals surface area (Å²) < 4.78 is 0. The summed E-state index contributed by atoms with van der Waals surface area (Å²) in [6.45, 7) is 0.468. The Hall–Kier alpha value is -2.39. The molecule has 1 aromatic carbocycles. The Labute approximate surface area is 108 Å². The lowest BCUT2D eigenvalue weighted by molar-refractivity contribution is 1.01. The fourth-order valence-corrected chi connectivity index (χ4v) is 1.54. The molecule has 0 aliphatic heterocycles. The molecule has 0 amide bonds. The smallest absolute Gasteiger partial charge is 0.229 e. The molecule has 0 bridgehead atoms. The van der Waals surface area contributed by atoms with E-state index in [-0.39, 0.29) is 11.2 Å². The lowest BCUT2D eigenvalue weighted by Crippen LogP contribution is -2.07. The summed E-state index contributed by atoms with van der Waals surface area (Å²) in [5, 5.41) is 11.8. The lowest BCUT2D eigenvalue weighted by Gasteiger charge is -2.05. The van der Waals surface area contributed by atoms with Gasteiger partial charge in [0.2, 0.25) is 17.2 Å². The predicted molar refractivity (Wildman–Crippen MR) is 67.7 cm³/mol. The first kappa shape index (κ1) is 12.1. The number of nitrogens with one attached hydrogen (secondary N) is 1. The maximum absolute atomic E-state index is 8.78. The zero-order valence-corrected chi connectivity index (χ0v) is 10.0. The minimum Gasteiger partial charge on any atom is -0.368 e. The highest BCUT2D eigenvalue weighted by Crippen LogP contribution is 2.09. The summed E-state index contributed by atoms with van der Waals surface area (Å²) in [6, 6.07) is 9.29. The monoisotopic (exact) mass is 260 g/mol. The topological polar surface area (TPSA) is 101 Å². The van der Waals surface area contributed by atoms with E-state index in [4.69, 9.17) is 22.6 Å². The summed E-state index contributed by atoms with van der Waals surface area (Å²) >= 11 is 5.65. The third-order valence-corrected chi connectivity index (χ3v) is 2.30. The van der Waals surface area contributed by atoms with Crippen molar-refractivity contribution in [3.63, 3.8) is 0 Å². The number of benzene rings is 1. The van der Waals surface area contributed by atoms with Crippen molar-refractivity contribution >= 4 is 23.5 Å². The molecule has 0 saturated carbocycles. The van der Waals surface area contributed by atoms with Crippen molar-refractivity contribution in [2.45, 2.75) is 6.54 Å². The van der Waals surface area contributed by atoms with Crippen molar-refractivity contribution in [2.75, 3.05) is 11.1 Å². The van der Waals surface area contributed by atoms with Crippen LogP contribution in [-0.2, 0) is 6.54 Å². The van der Waals surface area contributed by atoms with E-state index >= 15 is 0 Å². The van der Waals surface area contributed by atoms with Gasteiger partial charge in [-0.05, 0) is 29.3 Å². The van der Waals surface area contributed by atoms with Crippen LogP contribution in [0.4, 0.5) is 11.9 Å². The molecular formula is C11H9ClN6. The van der Waals surface area contributed by atoms with Crippen molar-refractivity contribution in [1.29, 1.82) is 5.26 Å². The molecule has 2 rings (SSSR count). The molecule has 0 saturated heterocycles. The van der Waals surface area contributed by atoms with E-state index < -0.39 is 0 Å². The van der Waals surface area contributed by atoms with Gasteiger partial charge >= 0.3 is 0 Å². The Morgan fingerprint density at radius 3 is 2.89 bits per heavy atom. The van der Waals surface area contributed by atoms with Gasteiger partial charge < -0.3 is 11.1 Å². The third-order valence-electron chi connectivity index (χ3n) is 2.13. The van der Waals surface area contributed by atoms with E-state index in [1.54, 1.807) is 12.1 Å². The molecule has 0 radical (unpaired) electrons. The van der Waals surface area contributed by atoms with E-state index in [2.05, 4.69) is 26.3 Å². The first-order chi connectivity index (χ1) is 8.67. The van der Waals surface area contributed by atoms with Gasteiger partial charge in [-0.2, -0.15) is 20.2 Å². The van der Waals surface area contributed by atoms with Crippen LogP contribution in [0.3, 0.4) is 0 Å². The molecule has 0 spiro atoms. The fraction of sp³-hybridized carbons (Fsp3) is 0.0909. The van der Waals surface area contributed by atoms with Gasteiger partial charge in [-0.3, -0.25) is 0 Å². The number of rotatable bonds is 3. The highest BCUT2D eigenvalue weighted by Gasteiger charge is 2.02. The van der Waals surface area contributed by atoms with E-state index in [1.165, 1.54) is 0 Å². The normalized spacial score (nSPS) is 9.78. The van der Waals surface area contributed by atoms with Crippen LogP contribution < -0.4 is 11.1 Å². The van der Waals surface area contributed by atoms with Crippen molar-refractivity contribution in [3.8, 4) is 6.07 Å². The van der Waals surface area contributed by atoms with Gasteiger partial charge in [-0.1, -0.05) is 12.1 Å². The molecule has 0 atom stereocenters. The molecule has 0 fully saturated rings. The molecular weight excluding hydrogens is 252 g/mol. The quantitative estimate of drug-likeness (QED) is 0.869. The SMILES string of the molecule is N#Cc1cccc(CNc2nc(N)nc(Cl)n2)c1. The maximum atomic E-state index is 8.78. The van der Waals surface area contributed by atoms with Crippen molar-refractivity contribution in [2.24, 2.45) is 0 Å². The Morgan fingerprint density at radius 2 is 2.17 bits per heavy atom. The van der Waals surface area contributed by atoms with Gasteiger partial charge in [0.05, 0.1) is 11.6 Å². The number of anilines is 2. The number of aromatic nitrogens is 3. The second kappa shape index (κ2) is 5.29. The van der Waals surface area contributed by atoms with E-state index in [9.17, 15) is 0 Å². The van der Waals surface area contributed by atoms with Crippen LogP contribution in [0.2, 0.25) is 5.28 Å². The van der Waals surface area contributed by atoms with E-state index in [0.29, 0.717) is 18.1 Å². The third kappa shape index (κ3) is 3.06. The highest BCUT2D eigenvalue weighted by atomic mass is 35.5. The van der Waals surface area contributed by atoms with Crippen molar-refractivity contribution < 1.29 is 0 Å². The zero-order chi connectivity index (χ0) is 13.0. The molecule has 7 heteroatoms. The molecule has 0 aliphatic carbocycles. The maximum Gasteiger partial charge on any atom is 0.229 e. The second-order valence-corrected chi connectivity index (χ2v) is 3.79. The van der Waals surface area contributed by atoms with Crippen LogP contribution in [0.25, 0.3) is 0 Å². The van der Waals surface area contributed by atoms with Crippen LogP contribution >= 0.6 is 11.6 Å². The molecule has 18 heavy (non-hydrogen) atoms. The van der Waals surface area contributed by atoms with Crippen molar-refractivity contribution in [1.82, 2.24) is 15.0 Å². The van der Waals surface area contributed by atoms with Gasteiger partial charge in [-0.15, -0.1) is 0 Å². The number of halogens is 1. The first-order valence-electron chi connectivity index (χ1n) is 5.07.